The van der Waals surface area contributed by atoms with E-state index in [0.717, 1.165) is 5.56 Å². The number of nitrogens with zero attached hydrogens (tertiary/aromatic N) is 1. The van der Waals surface area contributed by atoms with E-state index in [9.17, 15) is 14.7 Å². The normalized spacial score (nSPS) is 18.4. The average Bonchev–Trinajstić information content (AvgIpc) is 2.85. The minimum absolute atomic E-state index is 0.116. The van der Waals surface area contributed by atoms with Gasteiger partial charge in [-0.1, -0.05) is 52.8 Å². The van der Waals surface area contributed by atoms with Crippen LogP contribution in [0.15, 0.2) is 63.6 Å². The number of esters is 1. The standard InChI is InChI=1S/C20H17Br2NO4/c1-3-27-18(24)12(2)20(26)15-9-14(21)10-16(22)17(15)23(19(20)25)11-13-7-5-4-6-8-13/h4-10,26H,2-3,11H2,1H3/t20-/m0/s1. The minimum atomic E-state index is -2.19. The summed E-state index contributed by atoms with van der Waals surface area (Å²) in [6, 6.07) is 12.8. The molecule has 1 heterocycles. The molecule has 5 nitrogen and oxygen atoms in total. The summed E-state index contributed by atoms with van der Waals surface area (Å²) in [5, 5.41) is 11.3. The second-order valence-electron chi connectivity index (χ2n) is 6.07. The van der Waals surface area contributed by atoms with E-state index >= 15 is 0 Å². The Balaban J connectivity index is 2.14. The zero-order chi connectivity index (χ0) is 19.8. The van der Waals surface area contributed by atoms with E-state index in [1.807, 2.05) is 30.3 Å². The van der Waals surface area contributed by atoms with Crippen LogP contribution in [0.5, 0.6) is 0 Å². The van der Waals surface area contributed by atoms with Crippen molar-refractivity contribution in [2.45, 2.75) is 19.1 Å². The van der Waals surface area contributed by atoms with E-state index in [4.69, 9.17) is 4.74 Å². The molecule has 2 aromatic carbocycles. The highest BCUT2D eigenvalue weighted by Gasteiger charge is 2.54. The Kier molecular flexibility index (Phi) is 5.55. The maximum Gasteiger partial charge on any atom is 0.337 e. The highest BCUT2D eigenvalue weighted by atomic mass is 79.9. The van der Waals surface area contributed by atoms with E-state index in [-0.39, 0.29) is 24.3 Å². The monoisotopic (exact) mass is 493 g/mol. The van der Waals surface area contributed by atoms with Crippen molar-refractivity contribution >= 4 is 49.4 Å². The van der Waals surface area contributed by atoms with E-state index in [2.05, 4.69) is 38.4 Å². The predicted octanol–water partition coefficient (Wildman–Crippen LogP) is 4.07. The SMILES string of the molecule is C=C(C(=O)OCC)[C@@]1(O)C(=O)N(Cc2ccccc2)c2c(Br)cc(Br)cc21. The van der Waals surface area contributed by atoms with Crippen LogP contribution in [-0.2, 0) is 26.5 Å². The van der Waals surface area contributed by atoms with Gasteiger partial charge in [0.2, 0.25) is 5.60 Å². The number of aliphatic hydroxyl groups is 1. The van der Waals surface area contributed by atoms with Crippen LogP contribution in [0.1, 0.15) is 18.1 Å². The lowest BCUT2D eigenvalue weighted by Crippen LogP contribution is -2.43. The minimum Gasteiger partial charge on any atom is -0.463 e. The Labute approximate surface area is 173 Å². The van der Waals surface area contributed by atoms with Gasteiger partial charge in [-0.05, 0) is 40.5 Å². The molecule has 0 aromatic heterocycles. The molecule has 1 aliphatic heterocycles. The van der Waals surface area contributed by atoms with Crippen LogP contribution in [0.4, 0.5) is 5.69 Å². The summed E-state index contributed by atoms with van der Waals surface area (Å²) in [4.78, 5) is 27.0. The molecule has 0 spiro atoms. The second-order valence-corrected chi connectivity index (χ2v) is 7.84. The van der Waals surface area contributed by atoms with Crippen LogP contribution >= 0.6 is 31.9 Å². The van der Waals surface area contributed by atoms with Crippen LogP contribution in [0.3, 0.4) is 0 Å². The van der Waals surface area contributed by atoms with E-state index in [0.29, 0.717) is 14.6 Å². The van der Waals surface area contributed by atoms with Crippen molar-refractivity contribution in [2.75, 3.05) is 11.5 Å². The van der Waals surface area contributed by atoms with Crippen LogP contribution < -0.4 is 4.90 Å². The van der Waals surface area contributed by atoms with Crippen LogP contribution in [0, 0.1) is 0 Å². The van der Waals surface area contributed by atoms with Crippen molar-refractivity contribution in [3.05, 3.63) is 74.7 Å². The third kappa shape index (κ3) is 3.35. The first-order chi connectivity index (χ1) is 12.8. The molecule has 0 unspecified atom stereocenters. The third-order valence-electron chi connectivity index (χ3n) is 4.38. The molecular weight excluding hydrogens is 478 g/mol. The zero-order valence-corrected chi connectivity index (χ0v) is 17.7. The summed E-state index contributed by atoms with van der Waals surface area (Å²) >= 11 is 6.84. The highest BCUT2D eigenvalue weighted by molar-refractivity contribution is 9.11. The largest absolute Gasteiger partial charge is 0.463 e. The lowest BCUT2D eigenvalue weighted by molar-refractivity contribution is -0.145. The molecule has 1 atom stereocenters. The molecule has 1 N–H and O–H groups in total. The molecule has 0 fully saturated rings. The smallest absolute Gasteiger partial charge is 0.337 e. The fourth-order valence-corrected chi connectivity index (χ4v) is 4.54. The first kappa shape index (κ1) is 19.8. The summed E-state index contributed by atoms with van der Waals surface area (Å²) in [5.74, 6) is -1.45. The fraction of sp³-hybridized carbons (Fsp3) is 0.200. The van der Waals surface area contributed by atoms with Crippen LogP contribution in [0.25, 0.3) is 0 Å². The number of amides is 1. The average molecular weight is 495 g/mol. The van der Waals surface area contributed by atoms with Gasteiger partial charge in [-0.3, -0.25) is 4.79 Å². The molecule has 3 rings (SSSR count). The maximum atomic E-state index is 13.3. The summed E-state index contributed by atoms with van der Waals surface area (Å²) < 4.78 is 6.23. The van der Waals surface area contributed by atoms with Crippen molar-refractivity contribution in [1.82, 2.24) is 0 Å². The number of benzene rings is 2. The number of hydrogen-bond donors (Lipinski definition) is 1. The molecule has 0 aliphatic carbocycles. The number of ether oxygens (including phenoxy) is 1. The summed E-state index contributed by atoms with van der Waals surface area (Å²) in [5.41, 5.74) is -0.834. The molecule has 27 heavy (non-hydrogen) atoms. The van der Waals surface area contributed by atoms with Gasteiger partial charge >= 0.3 is 5.97 Å². The molecule has 0 saturated carbocycles. The van der Waals surface area contributed by atoms with Gasteiger partial charge < -0.3 is 14.7 Å². The highest BCUT2D eigenvalue weighted by Crippen LogP contribution is 2.49. The van der Waals surface area contributed by atoms with Gasteiger partial charge in [0, 0.05) is 14.5 Å². The van der Waals surface area contributed by atoms with Crippen molar-refractivity contribution in [3.63, 3.8) is 0 Å². The molecule has 0 bridgehead atoms. The van der Waals surface area contributed by atoms with Crippen molar-refractivity contribution in [3.8, 4) is 0 Å². The number of carbonyl (C=O) groups is 2. The zero-order valence-electron chi connectivity index (χ0n) is 14.5. The van der Waals surface area contributed by atoms with Crippen molar-refractivity contribution in [2.24, 2.45) is 0 Å². The Hall–Kier alpha value is -1.96. The molecule has 7 heteroatoms. The molecule has 2 aromatic rings. The quantitative estimate of drug-likeness (QED) is 0.502. The van der Waals surface area contributed by atoms with Gasteiger partial charge in [0.15, 0.2) is 0 Å². The Morgan fingerprint density at radius 3 is 2.56 bits per heavy atom. The lowest BCUT2D eigenvalue weighted by atomic mass is 9.88. The summed E-state index contributed by atoms with van der Waals surface area (Å²) in [6.07, 6.45) is 0. The van der Waals surface area contributed by atoms with Gasteiger partial charge in [0.05, 0.1) is 24.4 Å². The predicted molar refractivity (Wildman–Crippen MR) is 109 cm³/mol. The van der Waals surface area contributed by atoms with E-state index in [1.165, 1.54) is 4.90 Å². The van der Waals surface area contributed by atoms with Gasteiger partial charge in [-0.2, -0.15) is 0 Å². The number of fused-ring (bicyclic) bond motifs is 1. The Bertz CT molecular complexity index is 929. The molecule has 140 valence electrons. The van der Waals surface area contributed by atoms with Crippen LogP contribution in [-0.4, -0.2) is 23.6 Å². The fourth-order valence-electron chi connectivity index (χ4n) is 3.10. The topological polar surface area (TPSA) is 66.8 Å². The number of halogens is 2. The van der Waals surface area contributed by atoms with E-state index < -0.39 is 17.5 Å². The lowest BCUT2D eigenvalue weighted by Gasteiger charge is -2.24. The summed E-state index contributed by atoms with van der Waals surface area (Å²) in [7, 11) is 0. The second kappa shape index (κ2) is 7.58. The van der Waals surface area contributed by atoms with Gasteiger partial charge in [0.1, 0.15) is 0 Å². The van der Waals surface area contributed by atoms with Gasteiger partial charge in [-0.15, -0.1) is 0 Å². The number of hydrogen-bond acceptors (Lipinski definition) is 4. The van der Waals surface area contributed by atoms with Crippen molar-refractivity contribution in [1.29, 1.82) is 0 Å². The molecule has 0 saturated heterocycles. The number of carbonyl (C=O) groups excluding carboxylic acids is 2. The summed E-state index contributed by atoms with van der Waals surface area (Å²) in [6.45, 7) is 5.68. The number of anilines is 1. The maximum absolute atomic E-state index is 13.3. The molecule has 1 amide bonds. The van der Waals surface area contributed by atoms with Gasteiger partial charge in [-0.25, -0.2) is 4.79 Å². The van der Waals surface area contributed by atoms with Crippen molar-refractivity contribution < 1.29 is 19.4 Å². The first-order valence-corrected chi connectivity index (χ1v) is 9.83. The van der Waals surface area contributed by atoms with Crippen LogP contribution in [0.2, 0.25) is 0 Å². The Morgan fingerprint density at radius 1 is 1.26 bits per heavy atom. The van der Waals surface area contributed by atoms with Gasteiger partial charge in [0.25, 0.3) is 5.91 Å². The Morgan fingerprint density at radius 2 is 1.93 bits per heavy atom. The number of rotatable bonds is 5. The third-order valence-corrected chi connectivity index (χ3v) is 5.45. The van der Waals surface area contributed by atoms with E-state index in [1.54, 1.807) is 19.1 Å². The molecular formula is C20H17Br2NO4. The molecule has 0 radical (unpaired) electrons. The first-order valence-electron chi connectivity index (χ1n) is 8.25. The molecule has 1 aliphatic rings.